The van der Waals surface area contributed by atoms with Crippen molar-refractivity contribution in [1.82, 2.24) is 4.90 Å². The molecule has 1 aliphatic rings. The van der Waals surface area contributed by atoms with Crippen LogP contribution < -0.4 is 0 Å². The second kappa shape index (κ2) is 10.0. The molecule has 150 valence electrons. The van der Waals surface area contributed by atoms with E-state index < -0.39 is 5.97 Å². The van der Waals surface area contributed by atoms with E-state index in [1.165, 1.54) is 18.9 Å². The smallest absolute Gasteiger partial charge is 0.337 e. The molecule has 0 aromatic heterocycles. The molecule has 0 N–H and O–H groups in total. The summed E-state index contributed by atoms with van der Waals surface area (Å²) in [7, 11) is 1.34. The van der Waals surface area contributed by atoms with Crippen LogP contribution in [0.3, 0.4) is 0 Å². The van der Waals surface area contributed by atoms with Crippen molar-refractivity contribution in [2.45, 2.75) is 6.92 Å². The van der Waals surface area contributed by atoms with E-state index in [0.717, 1.165) is 11.3 Å². The van der Waals surface area contributed by atoms with Gasteiger partial charge in [0, 0.05) is 6.61 Å². The maximum Gasteiger partial charge on any atom is 0.337 e. The van der Waals surface area contributed by atoms with Crippen LogP contribution in [0.2, 0.25) is 0 Å². The number of amides is 1. The Labute approximate surface area is 174 Å². The molecule has 0 aliphatic carbocycles. The van der Waals surface area contributed by atoms with Gasteiger partial charge in [-0.1, -0.05) is 30.3 Å². The van der Waals surface area contributed by atoms with Gasteiger partial charge in [0.1, 0.15) is 0 Å². The molecule has 0 spiro atoms. The Morgan fingerprint density at radius 2 is 1.86 bits per heavy atom. The minimum Gasteiger partial charge on any atom is -0.465 e. The minimum absolute atomic E-state index is 0.110. The van der Waals surface area contributed by atoms with Crippen molar-refractivity contribution in [1.29, 1.82) is 0 Å². The zero-order chi connectivity index (χ0) is 20.6. The molecule has 2 aromatic rings. The van der Waals surface area contributed by atoms with Gasteiger partial charge in [-0.25, -0.2) is 9.79 Å². The molecule has 29 heavy (non-hydrogen) atoms. The summed E-state index contributed by atoms with van der Waals surface area (Å²) >= 11 is 1.33. The lowest BCUT2D eigenvalue weighted by atomic mass is 10.1. The molecule has 0 bridgehead atoms. The number of benzene rings is 2. The van der Waals surface area contributed by atoms with Crippen molar-refractivity contribution in [3.63, 3.8) is 0 Å². The average Bonchev–Trinajstić information content (AvgIpc) is 3.03. The fourth-order valence-corrected chi connectivity index (χ4v) is 3.71. The Morgan fingerprint density at radius 3 is 2.52 bits per heavy atom. The second-order valence-electron chi connectivity index (χ2n) is 6.11. The molecule has 1 aliphatic heterocycles. The van der Waals surface area contributed by atoms with Gasteiger partial charge in [0.25, 0.3) is 5.91 Å². The molecule has 0 unspecified atom stereocenters. The number of carbonyl (C=O) groups is 2. The molecule has 7 heteroatoms. The van der Waals surface area contributed by atoms with Crippen LogP contribution in [-0.4, -0.2) is 48.8 Å². The normalized spacial score (nSPS) is 16.6. The number of amidine groups is 1. The number of thioether (sulfide) groups is 1. The molecule has 0 saturated carbocycles. The Hall–Kier alpha value is -2.90. The monoisotopic (exact) mass is 410 g/mol. The van der Waals surface area contributed by atoms with Gasteiger partial charge >= 0.3 is 5.97 Å². The first kappa shape index (κ1) is 20.8. The van der Waals surface area contributed by atoms with Crippen molar-refractivity contribution in [2.24, 2.45) is 4.99 Å². The highest BCUT2D eigenvalue weighted by molar-refractivity contribution is 8.18. The van der Waals surface area contributed by atoms with Crippen molar-refractivity contribution in [3.05, 3.63) is 70.6 Å². The van der Waals surface area contributed by atoms with Crippen molar-refractivity contribution in [3.8, 4) is 0 Å². The Balaban J connectivity index is 1.85. The summed E-state index contributed by atoms with van der Waals surface area (Å²) < 4.78 is 10.1. The third kappa shape index (κ3) is 5.34. The first-order valence-corrected chi connectivity index (χ1v) is 10.0. The van der Waals surface area contributed by atoms with Crippen molar-refractivity contribution in [2.75, 3.05) is 26.9 Å². The number of ether oxygens (including phenoxy) is 2. The number of aliphatic imine (C=N–C) groups is 1. The Bertz CT molecular complexity index is 924. The Morgan fingerprint density at radius 1 is 1.14 bits per heavy atom. The summed E-state index contributed by atoms with van der Waals surface area (Å²) in [5.74, 6) is -0.503. The van der Waals surface area contributed by atoms with Gasteiger partial charge in [-0.05, 0) is 54.6 Å². The zero-order valence-electron chi connectivity index (χ0n) is 16.3. The number of hydrogen-bond donors (Lipinski definition) is 0. The third-order valence-corrected chi connectivity index (χ3v) is 5.17. The van der Waals surface area contributed by atoms with Gasteiger partial charge < -0.3 is 9.47 Å². The fourth-order valence-electron chi connectivity index (χ4n) is 2.69. The van der Waals surface area contributed by atoms with Crippen molar-refractivity contribution < 1.29 is 19.1 Å². The van der Waals surface area contributed by atoms with Crippen molar-refractivity contribution >= 4 is 40.6 Å². The van der Waals surface area contributed by atoms with E-state index in [1.54, 1.807) is 35.2 Å². The second-order valence-corrected chi connectivity index (χ2v) is 7.12. The van der Waals surface area contributed by atoms with Crippen LogP contribution in [0.5, 0.6) is 0 Å². The fraction of sp³-hybridized carbons (Fsp3) is 0.227. The standard InChI is InChI=1S/C22H22N2O4S/c1-3-28-14-13-24-20(25)19(29-22(24)23-18-7-5-4-6-8-18)15-16-9-11-17(12-10-16)21(26)27-2/h4-12,15H,3,13-14H2,1-2H3/b19-15-,23-22?. The number of nitrogens with zero attached hydrogens (tertiary/aromatic N) is 2. The van der Waals surface area contributed by atoms with Gasteiger partial charge in [-0.3, -0.25) is 9.69 Å². The summed E-state index contributed by atoms with van der Waals surface area (Å²) in [6, 6.07) is 16.4. The minimum atomic E-state index is -0.394. The molecular weight excluding hydrogens is 388 g/mol. The van der Waals surface area contributed by atoms with Gasteiger partial charge in [-0.15, -0.1) is 0 Å². The number of hydrogen-bond acceptors (Lipinski definition) is 6. The first-order chi connectivity index (χ1) is 14.1. The quantitative estimate of drug-likeness (QED) is 0.390. The molecule has 6 nitrogen and oxygen atoms in total. The predicted octanol–water partition coefficient (Wildman–Crippen LogP) is 4.11. The summed E-state index contributed by atoms with van der Waals surface area (Å²) in [5, 5.41) is 0.623. The third-order valence-electron chi connectivity index (χ3n) is 4.16. The summed E-state index contributed by atoms with van der Waals surface area (Å²) in [6.07, 6.45) is 1.80. The van der Waals surface area contributed by atoms with E-state index >= 15 is 0 Å². The van der Waals surface area contributed by atoms with Gasteiger partial charge in [0.05, 0.1) is 36.4 Å². The van der Waals surface area contributed by atoms with Crippen LogP contribution in [0.4, 0.5) is 5.69 Å². The SMILES string of the molecule is CCOCCN1C(=O)/C(=C/c2ccc(C(=O)OC)cc2)SC1=Nc1ccccc1. The summed E-state index contributed by atoms with van der Waals surface area (Å²) in [5.41, 5.74) is 2.07. The van der Waals surface area contributed by atoms with E-state index in [4.69, 9.17) is 9.47 Å². The molecular formula is C22H22N2O4S. The van der Waals surface area contributed by atoms with E-state index in [9.17, 15) is 9.59 Å². The highest BCUT2D eigenvalue weighted by atomic mass is 32.2. The van der Waals surface area contributed by atoms with Crippen LogP contribution in [0.15, 0.2) is 64.5 Å². The number of para-hydroxylation sites is 1. The van der Waals surface area contributed by atoms with Gasteiger partial charge in [-0.2, -0.15) is 0 Å². The summed E-state index contributed by atoms with van der Waals surface area (Å²) in [6.45, 7) is 3.39. The molecule has 2 aromatic carbocycles. The number of esters is 1. The molecule has 1 fully saturated rings. The largest absolute Gasteiger partial charge is 0.465 e. The average molecular weight is 410 g/mol. The first-order valence-electron chi connectivity index (χ1n) is 9.23. The van der Waals surface area contributed by atoms with Crippen LogP contribution in [0.25, 0.3) is 6.08 Å². The highest BCUT2D eigenvalue weighted by Gasteiger charge is 2.33. The lowest BCUT2D eigenvalue weighted by molar-refractivity contribution is -0.122. The maximum absolute atomic E-state index is 13.0. The van der Waals surface area contributed by atoms with Crippen LogP contribution in [0, 0.1) is 0 Å². The van der Waals surface area contributed by atoms with E-state index in [-0.39, 0.29) is 5.91 Å². The molecule has 3 rings (SSSR count). The molecule has 0 atom stereocenters. The van der Waals surface area contributed by atoms with Crippen LogP contribution in [-0.2, 0) is 14.3 Å². The molecule has 1 heterocycles. The zero-order valence-corrected chi connectivity index (χ0v) is 17.1. The Kier molecular flexibility index (Phi) is 7.21. The van der Waals surface area contributed by atoms with Crippen LogP contribution >= 0.6 is 11.8 Å². The lowest BCUT2D eigenvalue weighted by Crippen LogP contribution is -2.32. The predicted molar refractivity (Wildman–Crippen MR) is 115 cm³/mol. The van der Waals surface area contributed by atoms with E-state index in [0.29, 0.717) is 35.4 Å². The van der Waals surface area contributed by atoms with E-state index in [1.807, 2.05) is 37.3 Å². The number of carbonyl (C=O) groups excluding carboxylic acids is 2. The topological polar surface area (TPSA) is 68.2 Å². The molecule has 1 amide bonds. The van der Waals surface area contributed by atoms with E-state index in [2.05, 4.69) is 4.99 Å². The maximum atomic E-state index is 13.0. The van der Waals surface area contributed by atoms with Crippen LogP contribution in [0.1, 0.15) is 22.8 Å². The number of rotatable bonds is 7. The molecule has 0 radical (unpaired) electrons. The molecule has 1 saturated heterocycles. The highest BCUT2D eigenvalue weighted by Crippen LogP contribution is 2.34. The summed E-state index contributed by atoms with van der Waals surface area (Å²) in [4.78, 5) is 31.4. The van der Waals surface area contributed by atoms with Gasteiger partial charge in [0.2, 0.25) is 0 Å². The lowest BCUT2D eigenvalue weighted by Gasteiger charge is -2.15. The van der Waals surface area contributed by atoms with Gasteiger partial charge in [0.15, 0.2) is 5.17 Å². The number of methoxy groups -OCH3 is 1.